The maximum absolute atomic E-state index is 10.9. The number of aryl methyl sites for hydroxylation is 1. The predicted molar refractivity (Wildman–Crippen MR) is 54.4 cm³/mol. The number of rotatable bonds is 5. The monoisotopic (exact) mass is 217 g/mol. The first-order valence-electron chi connectivity index (χ1n) is 4.41. The van der Waals surface area contributed by atoms with Crippen LogP contribution in [-0.4, -0.2) is 30.0 Å². The van der Waals surface area contributed by atoms with Gasteiger partial charge in [0.1, 0.15) is 15.7 Å². The maximum atomic E-state index is 10.9. The number of hydrogen-bond acceptors (Lipinski definition) is 4. The average molecular weight is 217 g/mol. The summed E-state index contributed by atoms with van der Waals surface area (Å²) in [5.41, 5.74) is 5.45. The summed E-state index contributed by atoms with van der Waals surface area (Å²) in [4.78, 5) is 4.04. The molecular weight excluding hydrogens is 202 g/mol. The number of aromatic nitrogens is 2. The second-order valence-electron chi connectivity index (χ2n) is 3.22. The Morgan fingerprint density at radius 1 is 1.57 bits per heavy atom. The van der Waals surface area contributed by atoms with Crippen LogP contribution < -0.4 is 5.73 Å². The quantitative estimate of drug-likeness (QED) is 0.739. The first-order valence-corrected chi connectivity index (χ1v) is 6.47. The third-order valence-electron chi connectivity index (χ3n) is 1.90. The van der Waals surface area contributed by atoms with Gasteiger partial charge in [-0.25, -0.2) is 13.4 Å². The summed E-state index contributed by atoms with van der Waals surface area (Å²) in [5.74, 6) is 0.994. The molecule has 80 valence electrons. The van der Waals surface area contributed by atoms with Gasteiger partial charge in [0.25, 0.3) is 0 Å². The maximum Gasteiger partial charge on any atom is 0.147 e. The minimum atomic E-state index is -2.86. The molecule has 2 N–H and O–H groups in total. The highest BCUT2D eigenvalue weighted by molar-refractivity contribution is 7.90. The summed E-state index contributed by atoms with van der Waals surface area (Å²) in [6, 6.07) is 0. The van der Waals surface area contributed by atoms with Crippen molar-refractivity contribution < 1.29 is 8.42 Å². The first kappa shape index (κ1) is 11.2. The van der Waals surface area contributed by atoms with Gasteiger partial charge in [0.2, 0.25) is 0 Å². The van der Waals surface area contributed by atoms with Gasteiger partial charge in [-0.05, 0) is 6.42 Å². The fourth-order valence-electron chi connectivity index (χ4n) is 1.23. The summed E-state index contributed by atoms with van der Waals surface area (Å²) < 4.78 is 23.6. The molecule has 0 amide bonds. The van der Waals surface area contributed by atoms with E-state index in [1.165, 1.54) is 6.26 Å². The molecule has 0 saturated heterocycles. The van der Waals surface area contributed by atoms with Crippen LogP contribution in [0.1, 0.15) is 12.2 Å². The standard InChI is InChI=1S/C8H15N3O2S/c1-14(12,13)6-2-4-11-5-3-10-8(11)7-9/h3,5H,2,4,6-7,9H2,1H3. The van der Waals surface area contributed by atoms with E-state index in [1.807, 2.05) is 10.8 Å². The third-order valence-corrected chi connectivity index (χ3v) is 2.93. The average Bonchev–Trinajstić information content (AvgIpc) is 2.49. The smallest absolute Gasteiger partial charge is 0.147 e. The van der Waals surface area contributed by atoms with Crippen LogP contribution >= 0.6 is 0 Å². The van der Waals surface area contributed by atoms with Crippen LogP contribution in [0.4, 0.5) is 0 Å². The van der Waals surface area contributed by atoms with E-state index >= 15 is 0 Å². The lowest BCUT2D eigenvalue weighted by Gasteiger charge is -2.04. The fraction of sp³-hybridized carbons (Fsp3) is 0.625. The van der Waals surface area contributed by atoms with E-state index in [1.54, 1.807) is 6.20 Å². The molecule has 0 aliphatic carbocycles. The van der Waals surface area contributed by atoms with Gasteiger partial charge in [-0.2, -0.15) is 0 Å². The highest BCUT2D eigenvalue weighted by atomic mass is 32.2. The van der Waals surface area contributed by atoms with Crippen LogP contribution in [-0.2, 0) is 22.9 Å². The Bertz CT molecular complexity index is 383. The zero-order valence-electron chi connectivity index (χ0n) is 8.18. The number of sulfone groups is 1. The Balaban J connectivity index is 2.46. The predicted octanol–water partition coefficient (Wildman–Crippen LogP) is -0.223. The molecule has 0 spiro atoms. The number of nitrogens with zero attached hydrogens (tertiary/aromatic N) is 2. The molecule has 0 unspecified atom stereocenters. The number of hydrogen-bond donors (Lipinski definition) is 1. The summed E-state index contributed by atoms with van der Waals surface area (Å²) in [6.45, 7) is 1.03. The summed E-state index contributed by atoms with van der Waals surface area (Å²) in [7, 11) is -2.86. The first-order chi connectivity index (χ1) is 6.53. The second-order valence-corrected chi connectivity index (χ2v) is 5.48. The van der Waals surface area contributed by atoms with Crippen LogP contribution in [0.25, 0.3) is 0 Å². The minimum Gasteiger partial charge on any atom is -0.334 e. The minimum absolute atomic E-state index is 0.204. The van der Waals surface area contributed by atoms with Crippen molar-refractivity contribution in [3.05, 3.63) is 18.2 Å². The van der Waals surface area contributed by atoms with Gasteiger partial charge in [-0.15, -0.1) is 0 Å². The molecule has 1 aromatic heterocycles. The zero-order valence-corrected chi connectivity index (χ0v) is 9.00. The zero-order chi connectivity index (χ0) is 10.6. The van der Waals surface area contributed by atoms with Gasteiger partial charge < -0.3 is 10.3 Å². The molecule has 0 fully saturated rings. The van der Waals surface area contributed by atoms with Crippen molar-refractivity contribution in [2.45, 2.75) is 19.5 Å². The van der Waals surface area contributed by atoms with Crippen molar-refractivity contribution in [1.29, 1.82) is 0 Å². The molecule has 1 aromatic rings. The van der Waals surface area contributed by atoms with Crippen molar-refractivity contribution in [3.63, 3.8) is 0 Å². The van der Waals surface area contributed by atoms with E-state index < -0.39 is 9.84 Å². The molecule has 6 heteroatoms. The van der Waals surface area contributed by atoms with E-state index in [-0.39, 0.29) is 5.75 Å². The lowest BCUT2D eigenvalue weighted by molar-refractivity contribution is 0.587. The van der Waals surface area contributed by atoms with Crippen molar-refractivity contribution >= 4 is 9.84 Å². The number of imidazole rings is 1. The van der Waals surface area contributed by atoms with Gasteiger partial charge in [0, 0.05) is 25.2 Å². The topological polar surface area (TPSA) is 78.0 Å². The van der Waals surface area contributed by atoms with E-state index in [0.29, 0.717) is 19.5 Å². The Labute approximate surface area is 83.9 Å². The Morgan fingerprint density at radius 3 is 2.86 bits per heavy atom. The van der Waals surface area contributed by atoms with Crippen LogP contribution in [0.15, 0.2) is 12.4 Å². The summed E-state index contributed by atoms with van der Waals surface area (Å²) in [5, 5.41) is 0. The molecule has 0 radical (unpaired) electrons. The van der Waals surface area contributed by atoms with Gasteiger partial charge >= 0.3 is 0 Å². The molecule has 0 aliphatic rings. The van der Waals surface area contributed by atoms with Gasteiger partial charge in [-0.3, -0.25) is 0 Å². The molecule has 0 aromatic carbocycles. The molecule has 5 nitrogen and oxygen atoms in total. The second kappa shape index (κ2) is 4.56. The molecule has 1 heterocycles. The SMILES string of the molecule is CS(=O)(=O)CCCn1ccnc1CN. The van der Waals surface area contributed by atoms with E-state index in [0.717, 1.165) is 5.82 Å². The summed E-state index contributed by atoms with van der Waals surface area (Å²) in [6.07, 6.45) is 5.32. The lowest BCUT2D eigenvalue weighted by Crippen LogP contribution is -2.11. The molecule has 14 heavy (non-hydrogen) atoms. The molecule has 0 saturated carbocycles. The molecule has 0 bridgehead atoms. The van der Waals surface area contributed by atoms with Gasteiger partial charge in [-0.1, -0.05) is 0 Å². The Morgan fingerprint density at radius 2 is 2.29 bits per heavy atom. The van der Waals surface area contributed by atoms with E-state index in [4.69, 9.17) is 5.73 Å². The molecule has 0 atom stereocenters. The van der Waals surface area contributed by atoms with Crippen molar-refractivity contribution in [3.8, 4) is 0 Å². The Hall–Kier alpha value is -0.880. The van der Waals surface area contributed by atoms with Gasteiger partial charge in [0.05, 0.1) is 12.3 Å². The van der Waals surface area contributed by atoms with E-state index in [9.17, 15) is 8.42 Å². The normalized spacial score (nSPS) is 11.9. The van der Waals surface area contributed by atoms with Crippen molar-refractivity contribution in [1.82, 2.24) is 9.55 Å². The van der Waals surface area contributed by atoms with Crippen LogP contribution in [0.5, 0.6) is 0 Å². The van der Waals surface area contributed by atoms with Gasteiger partial charge in [0.15, 0.2) is 0 Å². The van der Waals surface area contributed by atoms with E-state index in [2.05, 4.69) is 4.98 Å². The third kappa shape index (κ3) is 3.47. The Kier molecular flexibility index (Phi) is 3.65. The lowest BCUT2D eigenvalue weighted by atomic mass is 10.4. The largest absolute Gasteiger partial charge is 0.334 e. The fourth-order valence-corrected chi connectivity index (χ4v) is 1.88. The number of nitrogens with two attached hydrogens (primary N) is 1. The van der Waals surface area contributed by atoms with Crippen molar-refractivity contribution in [2.24, 2.45) is 5.73 Å². The molecule has 0 aliphatic heterocycles. The highest BCUT2D eigenvalue weighted by Crippen LogP contribution is 1.99. The van der Waals surface area contributed by atoms with Crippen LogP contribution in [0, 0.1) is 0 Å². The van der Waals surface area contributed by atoms with Crippen LogP contribution in [0.3, 0.4) is 0 Å². The molecule has 1 rings (SSSR count). The van der Waals surface area contributed by atoms with Crippen molar-refractivity contribution in [2.75, 3.05) is 12.0 Å². The highest BCUT2D eigenvalue weighted by Gasteiger charge is 2.03. The molecular formula is C8H15N3O2S. The summed E-state index contributed by atoms with van der Waals surface area (Å²) >= 11 is 0. The van der Waals surface area contributed by atoms with Crippen LogP contribution in [0.2, 0.25) is 0 Å².